The number of sulfonamides is 1. The van der Waals surface area contributed by atoms with Crippen molar-refractivity contribution in [1.29, 1.82) is 0 Å². The minimum atomic E-state index is -3.92. The Morgan fingerprint density at radius 2 is 1.67 bits per heavy atom. The fourth-order valence-corrected chi connectivity index (χ4v) is 6.75. The molecule has 0 unspecified atom stereocenters. The van der Waals surface area contributed by atoms with Crippen LogP contribution in [-0.4, -0.2) is 67.9 Å². The zero-order valence-electron chi connectivity index (χ0n) is 23.1. The molecule has 3 aliphatic rings. The highest BCUT2D eigenvalue weighted by atomic mass is 32.2. The second-order valence-electron chi connectivity index (χ2n) is 11.2. The molecule has 3 fully saturated rings. The fraction of sp³-hybridized carbons (Fsp3) is 0.500. The van der Waals surface area contributed by atoms with Crippen LogP contribution in [0.5, 0.6) is 0 Å². The van der Waals surface area contributed by atoms with Gasteiger partial charge in [-0.05, 0) is 74.1 Å². The van der Waals surface area contributed by atoms with Crippen molar-refractivity contribution < 1.29 is 35.9 Å². The van der Waals surface area contributed by atoms with Crippen LogP contribution < -0.4 is 19.8 Å². The van der Waals surface area contributed by atoms with Gasteiger partial charge in [0.2, 0.25) is 10.0 Å². The SMILES string of the molecule is Cc1cc(NC(=O)c2ccc(NS(=O)(=O)C3(CO)CC3)cc2N2CCC(=C(F)F)CC2)nc(N2CCC(F)(F)CC2)c1. The van der Waals surface area contributed by atoms with Gasteiger partial charge in [0.1, 0.15) is 16.4 Å². The molecule has 14 heteroatoms. The van der Waals surface area contributed by atoms with Crippen molar-refractivity contribution in [3.63, 3.8) is 0 Å². The number of hydrogen-bond donors (Lipinski definition) is 3. The van der Waals surface area contributed by atoms with Crippen LogP contribution in [0.25, 0.3) is 0 Å². The molecule has 9 nitrogen and oxygen atoms in total. The van der Waals surface area contributed by atoms with Gasteiger partial charge in [-0.25, -0.2) is 22.2 Å². The Kier molecular flexibility index (Phi) is 8.14. The molecular weight excluding hydrogens is 578 g/mol. The molecule has 228 valence electrons. The van der Waals surface area contributed by atoms with E-state index < -0.39 is 39.3 Å². The molecule has 2 aliphatic heterocycles. The number of halogens is 4. The summed E-state index contributed by atoms with van der Waals surface area (Å²) in [6, 6.07) is 7.78. The van der Waals surface area contributed by atoms with E-state index in [1.165, 1.54) is 18.2 Å². The number of hydrogen-bond acceptors (Lipinski definition) is 7. The highest BCUT2D eigenvalue weighted by Crippen LogP contribution is 2.44. The van der Waals surface area contributed by atoms with Gasteiger partial charge in [0.25, 0.3) is 17.9 Å². The van der Waals surface area contributed by atoms with E-state index in [4.69, 9.17) is 0 Å². The van der Waals surface area contributed by atoms with Gasteiger partial charge in [-0.2, -0.15) is 8.78 Å². The molecule has 1 aromatic carbocycles. The Balaban J connectivity index is 1.41. The summed E-state index contributed by atoms with van der Waals surface area (Å²) in [6.07, 6.45) is -1.47. The molecule has 0 atom stereocenters. The van der Waals surface area contributed by atoms with Crippen LogP contribution in [0.3, 0.4) is 0 Å². The number of aliphatic hydroxyl groups is 1. The van der Waals surface area contributed by atoms with Gasteiger partial charge in [-0.1, -0.05) is 0 Å². The van der Waals surface area contributed by atoms with Crippen LogP contribution in [0.15, 0.2) is 42.0 Å². The van der Waals surface area contributed by atoms with Gasteiger partial charge in [-0.15, -0.1) is 0 Å². The molecule has 0 spiro atoms. The van der Waals surface area contributed by atoms with Crippen molar-refractivity contribution in [3.05, 3.63) is 53.1 Å². The summed E-state index contributed by atoms with van der Waals surface area (Å²) in [5.74, 6) is -2.59. The number of alkyl halides is 2. The van der Waals surface area contributed by atoms with E-state index in [0.717, 1.165) is 5.56 Å². The Morgan fingerprint density at radius 3 is 2.26 bits per heavy atom. The van der Waals surface area contributed by atoms with E-state index in [9.17, 15) is 35.9 Å². The lowest BCUT2D eigenvalue weighted by molar-refractivity contribution is -0.0221. The predicted octanol–water partition coefficient (Wildman–Crippen LogP) is 4.90. The van der Waals surface area contributed by atoms with E-state index in [1.54, 1.807) is 28.9 Å². The topological polar surface area (TPSA) is 115 Å². The smallest absolute Gasteiger partial charge is 0.269 e. The van der Waals surface area contributed by atoms with Crippen LogP contribution in [0, 0.1) is 6.92 Å². The standard InChI is InChI=1S/C28H33F4N5O4S/c1-18-14-23(33-24(15-18)37-12-8-28(31,32)9-13-37)34-26(39)21-3-2-20(35-42(40,41)27(17-38)6-7-27)16-22(21)36-10-4-19(5-11-36)25(29)30/h2-3,14-16,35,38H,4-13,17H2,1H3,(H,33,34,39). The van der Waals surface area contributed by atoms with Crippen molar-refractivity contribution in [2.45, 2.75) is 56.1 Å². The number of piperidine rings is 2. The van der Waals surface area contributed by atoms with Gasteiger partial charge in [0.15, 0.2) is 0 Å². The molecule has 5 rings (SSSR count). The third-order valence-corrected chi connectivity index (χ3v) is 10.3. The molecule has 1 aromatic heterocycles. The summed E-state index contributed by atoms with van der Waals surface area (Å²) in [7, 11) is -3.92. The molecular formula is C28H33F4N5O4S. The van der Waals surface area contributed by atoms with Crippen LogP contribution in [0.1, 0.15) is 54.4 Å². The summed E-state index contributed by atoms with van der Waals surface area (Å²) in [4.78, 5) is 21.5. The van der Waals surface area contributed by atoms with Crippen LogP contribution in [-0.2, 0) is 10.0 Å². The number of aromatic nitrogens is 1. The Labute approximate surface area is 241 Å². The van der Waals surface area contributed by atoms with Crippen molar-refractivity contribution in [1.82, 2.24) is 4.98 Å². The van der Waals surface area contributed by atoms with Crippen LogP contribution >= 0.6 is 0 Å². The maximum atomic E-state index is 13.7. The monoisotopic (exact) mass is 611 g/mol. The summed E-state index contributed by atoms with van der Waals surface area (Å²) in [5.41, 5.74) is 1.51. The molecule has 0 bridgehead atoms. The maximum Gasteiger partial charge on any atom is 0.269 e. The van der Waals surface area contributed by atoms with E-state index in [2.05, 4.69) is 15.0 Å². The summed E-state index contributed by atoms with van der Waals surface area (Å²) < 4.78 is 80.8. The fourth-order valence-electron chi connectivity index (χ4n) is 5.29. The average Bonchev–Trinajstić information content (AvgIpc) is 3.75. The number of pyridine rings is 1. The molecule has 3 heterocycles. The molecule has 2 aromatic rings. The predicted molar refractivity (Wildman–Crippen MR) is 152 cm³/mol. The first kappa shape index (κ1) is 30.1. The first-order valence-corrected chi connectivity index (χ1v) is 15.3. The number of aliphatic hydroxyl groups excluding tert-OH is 1. The zero-order chi connectivity index (χ0) is 30.3. The highest BCUT2D eigenvalue weighted by molar-refractivity contribution is 7.94. The number of nitrogens with one attached hydrogen (secondary N) is 2. The quantitative estimate of drug-likeness (QED) is 0.364. The first-order valence-electron chi connectivity index (χ1n) is 13.8. The third kappa shape index (κ3) is 6.33. The van der Waals surface area contributed by atoms with Gasteiger partial charge < -0.3 is 20.2 Å². The third-order valence-electron chi connectivity index (χ3n) is 8.15. The number of amides is 1. The number of anilines is 4. The zero-order valence-corrected chi connectivity index (χ0v) is 23.9. The normalized spacial score (nSPS) is 19.8. The number of nitrogens with zero attached hydrogens (tertiary/aromatic N) is 3. The van der Waals surface area contributed by atoms with Crippen LogP contribution in [0.2, 0.25) is 0 Å². The number of rotatable bonds is 8. The number of carbonyl (C=O) groups is 1. The summed E-state index contributed by atoms with van der Waals surface area (Å²) in [5, 5.41) is 12.4. The molecule has 1 aliphatic carbocycles. The van der Waals surface area contributed by atoms with E-state index in [1.807, 2.05) is 0 Å². The lowest BCUT2D eigenvalue weighted by atomic mass is 10.0. The van der Waals surface area contributed by atoms with Gasteiger partial charge >= 0.3 is 0 Å². The van der Waals surface area contributed by atoms with E-state index >= 15 is 0 Å². The van der Waals surface area contributed by atoms with Crippen molar-refractivity contribution >= 4 is 38.9 Å². The Hall–Kier alpha value is -3.39. The lowest BCUT2D eigenvalue weighted by Crippen LogP contribution is -2.39. The highest BCUT2D eigenvalue weighted by Gasteiger charge is 2.54. The van der Waals surface area contributed by atoms with Crippen LogP contribution in [0.4, 0.5) is 40.6 Å². The molecule has 3 N–H and O–H groups in total. The second kappa shape index (κ2) is 11.4. The maximum absolute atomic E-state index is 13.7. The van der Waals surface area contributed by atoms with Crippen molar-refractivity contribution in [3.8, 4) is 0 Å². The average molecular weight is 612 g/mol. The minimum Gasteiger partial charge on any atom is -0.395 e. The number of benzene rings is 1. The van der Waals surface area contributed by atoms with Gasteiger partial charge in [0.05, 0.1) is 23.5 Å². The van der Waals surface area contributed by atoms with Crippen molar-refractivity contribution in [2.24, 2.45) is 0 Å². The van der Waals surface area contributed by atoms with Gasteiger partial charge in [-0.3, -0.25) is 9.52 Å². The molecule has 2 saturated heterocycles. The Bertz CT molecular complexity index is 1490. The largest absolute Gasteiger partial charge is 0.395 e. The molecule has 0 radical (unpaired) electrons. The van der Waals surface area contributed by atoms with E-state index in [-0.39, 0.29) is 74.5 Å². The Morgan fingerprint density at radius 1 is 1.00 bits per heavy atom. The van der Waals surface area contributed by atoms with Gasteiger partial charge in [0, 0.05) is 39.0 Å². The summed E-state index contributed by atoms with van der Waals surface area (Å²) >= 11 is 0. The lowest BCUT2D eigenvalue weighted by Gasteiger charge is -2.33. The van der Waals surface area contributed by atoms with E-state index in [0.29, 0.717) is 24.3 Å². The second-order valence-corrected chi connectivity index (χ2v) is 13.3. The summed E-state index contributed by atoms with van der Waals surface area (Å²) in [6.45, 7) is 1.92. The first-order chi connectivity index (χ1) is 19.8. The number of aryl methyl sites for hydroxylation is 1. The molecule has 1 amide bonds. The minimum absolute atomic E-state index is 0.0414. The number of carbonyl (C=O) groups excluding carboxylic acids is 1. The molecule has 42 heavy (non-hydrogen) atoms. The molecule has 1 saturated carbocycles. The van der Waals surface area contributed by atoms with Crippen molar-refractivity contribution in [2.75, 3.05) is 52.6 Å².